The maximum atomic E-state index is 11.8. The van der Waals surface area contributed by atoms with Crippen LogP contribution in [-0.2, 0) is 11.2 Å². The first-order chi connectivity index (χ1) is 8.79. The predicted molar refractivity (Wildman–Crippen MR) is 73.9 cm³/mol. The standard InChI is InChI=1S/C14H19ClN2O/c15-7-6-14(18)17-9-8-16-13(11-17)10-12-4-2-1-3-5-12/h1-5,13,16H,6-11H2. The molecule has 1 amide bonds. The minimum atomic E-state index is 0.171. The van der Waals surface area contributed by atoms with E-state index < -0.39 is 0 Å². The number of carbonyl (C=O) groups is 1. The van der Waals surface area contributed by atoms with E-state index in [1.807, 2.05) is 11.0 Å². The molecule has 1 saturated heterocycles. The number of hydrogen-bond donors (Lipinski definition) is 1. The first kappa shape index (κ1) is 13.4. The van der Waals surface area contributed by atoms with Gasteiger partial charge in [-0.05, 0) is 12.0 Å². The summed E-state index contributed by atoms with van der Waals surface area (Å²) in [6.45, 7) is 2.44. The molecule has 0 saturated carbocycles. The van der Waals surface area contributed by atoms with E-state index in [2.05, 4.69) is 29.6 Å². The maximum absolute atomic E-state index is 11.8. The van der Waals surface area contributed by atoms with Crippen molar-refractivity contribution in [1.29, 1.82) is 0 Å². The van der Waals surface area contributed by atoms with Crippen molar-refractivity contribution in [3.8, 4) is 0 Å². The lowest BCUT2D eigenvalue weighted by Gasteiger charge is -2.33. The highest BCUT2D eigenvalue weighted by atomic mass is 35.5. The van der Waals surface area contributed by atoms with Crippen LogP contribution in [0.3, 0.4) is 0 Å². The van der Waals surface area contributed by atoms with E-state index in [-0.39, 0.29) is 5.91 Å². The number of rotatable bonds is 4. The highest BCUT2D eigenvalue weighted by Crippen LogP contribution is 2.08. The van der Waals surface area contributed by atoms with Crippen molar-refractivity contribution < 1.29 is 4.79 Å². The van der Waals surface area contributed by atoms with Crippen LogP contribution in [0.15, 0.2) is 30.3 Å². The summed E-state index contributed by atoms with van der Waals surface area (Å²) in [7, 11) is 0. The average Bonchev–Trinajstić information content (AvgIpc) is 2.40. The highest BCUT2D eigenvalue weighted by molar-refractivity contribution is 6.18. The number of piperazine rings is 1. The lowest BCUT2D eigenvalue weighted by atomic mass is 10.0. The van der Waals surface area contributed by atoms with Crippen LogP contribution in [0.5, 0.6) is 0 Å². The summed E-state index contributed by atoms with van der Waals surface area (Å²) in [6, 6.07) is 10.7. The Morgan fingerprint density at radius 3 is 2.89 bits per heavy atom. The quantitative estimate of drug-likeness (QED) is 0.841. The zero-order valence-electron chi connectivity index (χ0n) is 10.4. The summed E-state index contributed by atoms with van der Waals surface area (Å²) in [5, 5.41) is 3.47. The average molecular weight is 267 g/mol. The molecule has 1 N–H and O–H groups in total. The van der Waals surface area contributed by atoms with E-state index in [1.54, 1.807) is 0 Å². The van der Waals surface area contributed by atoms with E-state index in [9.17, 15) is 4.79 Å². The highest BCUT2D eigenvalue weighted by Gasteiger charge is 2.22. The molecule has 1 unspecified atom stereocenters. The van der Waals surface area contributed by atoms with Gasteiger partial charge in [0, 0.05) is 38.0 Å². The molecular formula is C14H19ClN2O. The molecule has 0 aliphatic carbocycles. The monoisotopic (exact) mass is 266 g/mol. The Morgan fingerprint density at radius 1 is 1.39 bits per heavy atom. The summed E-state index contributed by atoms with van der Waals surface area (Å²) in [4.78, 5) is 13.7. The molecule has 1 aliphatic rings. The minimum absolute atomic E-state index is 0.171. The van der Waals surface area contributed by atoms with Gasteiger partial charge in [-0.2, -0.15) is 0 Å². The summed E-state index contributed by atoms with van der Waals surface area (Å²) in [5.74, 6) is 0.580. The van der Waals surface area contributed by atoms with E-state index in [0.29, 0.717) is 18.3 Å². The SMILES string of the molecule is O=C(CCCl)N1CCNC(Cc2ccccc2)C1. The van der Waals surface area contributed by atoms with Crippen LogP contribution in [0.1, 0.15) is 12.0 Å². The van der Waals surface area contributed by atoms with E-state index in [1.165, 1.54) is 5.56 Å². The second-order valence-corrected chi connectivity index (χ2v) is 5.00. The van der Waals surface area contributed by atoms with Crippen molar-refractivity contribution in [1.82, 2.24) is 10.2 Å². The van der Waals surface area contributed by atoms with Gasteiger partial charge in [0.2, 0.25) is 5.91 Å². The Morgan fingerprint density at radius 2 is 2.17 bits per heavy atom. The number of carbonyl (C=O) groups excluding carboxylic acids is 1. The Balaban J connectivity index is 1.89. The molecule has 1 fully saturated rings. The molecular weight excluding hydrogens is 248 g/mol. The Hall–Kier alpha value is -1.06. The van der Waals surface area contributed by atoms with Crippen molar-refractivity contribution >= 4 is 17.5 Å². The summed E-state index contributed by atoms with van der Waals surface area (Å²) >= 11 is 5.62. The van der Waals surface area contributed by atoms with Crippen LogP contribution < -0.4 is 5.32 Å². The second-order valence-electron chi connectivity index (χ2n) is 4.62. The van der Waals surface area contributed by atoms with Gasteiger partial charge in [0.25, 0.3) is 0 Å². The third-order valence-corrected chi connectivity index (χ3v) is 3.43. The van der Waals surface area contributed by atoms with Crippen molar-refractivity contribution in [3.63, 3.8) is 0 Å². The topological polar surface area (TPSA) is 32.3 Å². The fourth-order valence-electron chi connectivity index (χ4n) is 2.33. The minimum Gasteiger partial charge on any atom is -0.340 e. The first-order valence-corrected chi connectivity index (χ1v) is 6.94. The first-order valence-electron chi connectivity index (χ1n) is 6.40. The van der Waals surface area contributed by atoms with E-state index in [0.717, 1.165) is 26.1 Å². The summed E-state index contributed by atoms with van der Waals surface area (Å²) < 4.78 is 0. The Bertz CT molecular complexity index is 383. The number of nitrogens with zero attached hydrogens (tertiary/aromatic N) is 1. The molecule has 18 heavy (non-hydrogen) atoms. The lowest BCUT2D eigenvalue weighted by Crippen LogP contribution is -2.53. The number of amides is 1. The lowest BCUT2D eigenvalue weighted by molar-refractivity contribution is -0.131. The van der Waals surface area contributed by atoms with Crippen LogP contribution in [0.4, 0.5) is 0 Å². The Labute approximate surface area is 113 Å². The molecule has 0 spiro atoms. The third kappa shape index (κ3) is 3.72. The van der Waals surface area contributed by atoms with E-state index in [4.69, 9.17) is 11.6 Å². The number of halogens is 1. The molecule has 2 rings (SSSR count). The van der Waals surface area contributed by atoms with Crippen molar-refractivity contribution in [2.45, 2.75) is 18.9 Å². The summed E-state index contributed by atoms with van der Waals surface area (Å²) in [6.07, 6.45) is 1.41. The number of hydrogen-bond acceptors (Lipinski definition) is 2. The molecule has 0 radical (unpaired) electrons. The normalized spacial score (nSPS) is 19.8. The van der Waals surface area contributed by atoms with Crippen LogP contribution in [0.2, 0.25) is 0 Å². The molecule has 1 heterocycles. The largest absolute Gasteiger partial charge is 0.340 e. The number of benzene rings is 1. The van der Waals surface area contributed by atoms with Crippen LogP contribution in [0, 0.1) is 0 Å². The van der Waals surface area contributed by atoms with Gasteiger partial charge >= 0.3 is 0 Å². The zero-order valence-corrected chi connectivity index (χ0v) is 11.2. The molecule has 0 aromatic heterocycles. The second kappa shape index (κ2) is 6.76. The summed E-state index contributed by atoms with van der Waals surface area (Å²) in [5.41, 5.74) is 1.31. The van der Waals surface area contributed by atoms with Gasteiger partial charge < -0.3 is 10.2 Å². The molecule has 98 valence electrons. The van der Waals surface area contributed by atoms with Crippen molar-refractivity contribution in [2.75, 3.05) is 25.5 Å². The van der Waals surface area contributed by atoms with Gasteiger partial charge in [0.05, 0.1) is 0 Å². The number of alkyl halides is 1. The fourth-order valence-corrected chi connectivity index (χ4v) is 2.49. The van der Waals surface area contributed by atoms with Crippen molar-refractivity contribution in [2.24, 2.45) is 0 Å². The molecule has 3 nitrogen and oxygen atoms in total. The van der Waals surface area contributed by atoms with Gasteiger partial charge in [-0.3, -0.25) is 4.79 Å². The molecule has 1 aliphatic heterocycles. The molecule has 1 aromatic rings. The van der Waals surface area contributed by atoms with Gasteiger partial charge in [0.15, 0.2) is 0 Å². The molecule has 4 heteroatoms. The fraction of sp³-hybridized carbons (Fsp3) is 0.500. The molecule has 0 bridgehead atoms. The maximum Gasteiger partial charge on any atom is 0.223 e. The smallest absolute Gasteiger partial charge is 0.223 e. The van der Waals surface area contributed by atoms with E-state index >= 15 is 0 Å². The van der Waals surface area contributed by atoms with Crippen molar-refractivity contribution in [3.05, 3.63) is 35.9 Å². The van der Waals surface area contributed by atoms with Crippen LogP contribution in [-0.4, -0.2) is 42.4 Å². The molecule has 1 atom stereocenters. The number of nitrogens with one attached hydrogen (secondary N) is 1. The third-order valence-electron chi connectivity index (χ3n) is 3.24. The predicted octanol–water partition coefficient (Wildman–Crippen LogP) is 1.66. The van der Waals surface area contributed by atoms with Gasteiger partial charge in [-0.15, -0.1) is 11.6 Å². The van der Waals surface area contributed by atoms with Gasteiger partial charge in [0.1, 0.15) is 0 Å². The zero-order chi connectivity index (χ0) is 12.8. The van der Waals surface area contributed by atoms with Gasteiger partial charge in [-0.25, -0.2) is 0 Å². The molecule has 1 aromatic carbocycles. The van der Waals surface area contributed by atoms with Crippen LogP contribution in [0.25, 0.3) is 0 Å². The Kier molecular flexibility index (Phi) is 5.02. The van der Waals surface area contributed by atoms with Gasteiger partial charge in [-0.1, -0.05) is 30.3 Å². The van der Waals surface area contributed by atoms with Crippen LogP contribution >= 0.6 is 11.6 Å².